The molecule has 6 heteroatoms. The quantitative estimate of drug-likeness (QED) is 0.642. The van der Waals surface area contributed by atoms with Crippen LogP contribution < -0.4 is 10.6 Å². The van der Waals surface area contributed by atoms with Gasteiger partial charge in [0.2, 0.25) is 11.8 Å². The average Bonchev–Trinajstić information content (AvgIpc) is 3.25. The van der Waals surface area contributed by atoms with Gasteiger partial charge in [0.15, 0.2) is 0 Å². The summed E-state index contributed by atoms with van der Waals surface area (Å²) in [5.41, 5.74) is -0.109. The van der Waals surface area contributed by atoms with Crippen molar-refractivity contribution >= 4 is 23.2 Å². The second-order valence-corrected chi connectivity index (χ2v) is 11.8. The van der Waals surface area contributed by atoms with Gasteiger partial charge in [-0.2, -0.15) is 0 Å². The first kappa shape index (κ1) is 21.4. The molecule has 4 saturated carbocycles. The third-order valence-electron chi connectivity index (χ3n) is 8.41. The van der Waals surface area contributed by atoms with E-state index in [0.717, 1.165) is 76.0 Å². The minimum Gasteiger partial charge on any atom is -0.356 e. The van der Waals surface area contributed by atoms with E-state index >= 15 is 0 Å². The van der Waals surface area contributed by atoms with E-state index in [-0.39, 0.29) is 17.2 Å². The molecule has 170 valence electrons. The highest BCUT2D eigenvalue weighted by atomic mass is 32.1. The molecule has 0 aromatic carbocycles. The lowest BCUT2D eigenvalue weighted by Crippen LogP contribution is -2.53. The number of thiophene rings is 1. The van der Waals surface area contributed by atoms with Crippen LogP contribution in [0, 0.1) is 29.1 Å². The number of likely N-dealkylation sites (tertiary alicyclic amines) is 1. The number of hydrogen-bond donors (Lipinski definition) is 2. The van der Waals surface area contributed by atoms with Gasteiger partial charge in [-0.25, -0.2) is 0 Å². The molecular formula is C25H37N3O2S. The van der Waals surface area contributed by atoms with Gasteiger partial charge in [-0.1, -0.05) is 6.07 Å². The number of carbonyl (C=O) groups is 2. The Hall–Kier alpha value is -1.40. The van der Waals surface area contributed by atoms with Crippen LogP contribution in [0.4, 0.5) is 0 Å². The summed E-state index contributed by atoms with van der Waals surface area (Å²) < 4.78 is 0. The van der Waals surface area contributed by atoms with Gasteiger partial charge in [-0.15, -0.1) is 11.3 Å². The van der Waals surface area contributed by atoms with Crippen LogP contribution in [0.5, 0.6) is 0 Å². The van der Waals surface area contributed by atoms with Crippen molar-refractivity contribution in [2.75, 3.05) is 26.2 Å². The molecule has 1 aromatic rings. The fourth-order valence-corrected chi connectivity index (χ4v) is 7.93. The highest BCUT2D eigenvalue weighted by Crippen LogP contribution is 2.60. The van der Waals surface area contributed by atoms with Crippen LogP contribution in [0.25, 0.3) is 0 Å². The van der Waals surface area contributed by atoms with Crippen molar-refractivity contribution in [1.29, 1.82) is 0 Å². The van der Waals surface area contributed by atoms with Crippen LogP contribution in [0.3, 0.4) is 0 Å². The van der Waals surface area contributed by atoms with Gasteiger partial charge in [0.25, 0.3) is 0 Å². The summed E-state index contributed by atoms with van der Waals surface area (Å²) in [4.78, 5) is 29.3. The minimum atomic E-state index is -0.109. The predicted molar refractivity (Wildman–Crippen MR) is 124 cm³/mol. The second-order valence-electron chi connectivity index (χ2n) is 10.8. The van der Waals surface area contributed by atoms with Crippen LogP contribution in [0.15, 0.2) is 17.5 Å². The molecule has 2 N–H and O–H groups in total. The number of carbonyl (C=O) groups excluding carboxylic acids is 2. The summed E-state index contributed by atoms with van der Waals surface area (Å²) in [5.74, 6) is 3.21. The van der Waals surface area contributed by atoms with Gasteiger partial charge < -0.3 is 10.6 Å². The van der Waals surface area contributed by atoms with E-state index in [4.69, 9.17) is 0 Å². The zero-order valence-electron chi connectivity index (χ0n) is 18.6. The van der Waals surface area contributed by atoms with E-state index < -0.39 is 0 Å². The largest absolute Gasteiger partial charge is 0.356 e. The van der Waals surface area contributed by atoms with E-state index in [1.54, 1.807) is 0 Å². The average molecular weight is 444 g/mol. The predicted octanol–water partition coefficient (Wildman–Crippen LogP) is 3.80. The van der Waals surface area contributed by atoms with Crippen molar-refractivity contribution in [3.05, 3.63) is 22.4 Å². The molecule has 2 amide bonds. The molecule has 4 bridgehead atoms. The number of nitrogens with zero attached hydrogens (tertiary/aromatic N) is 1. The number of piperidine rings is 1. The first-order valence-corrected chi connectivity index (χ1v) is 13.3. The summed E-state index contributed by atoms with van der Waals surface area (Å²) in [5, 5.41) is 8.39. The van der Waals surface area contributed by atoms with Crippen molar-refractivity contribution in [3.8, 4) is 0 Å². The van der Waals surface area contributed by atoms with Gasteiger partial charge in [0.1, 0.15) is 0 Å². The van der Waals surface area contributed by atoms with E-state index in [9.17, 15) is 9.59 Å². The lowest BCUT2D eigenvalue weighted by Gasteiger charge is -2.55. The maximum absolute atomic E-state index is 13.0. The van der Waals surface area contributed by atoms with Crippen LogP contribution >= 0.6 is 11.3 Å². The lowest BCUT2D eigenvalue weighted by molar-refractivity contribution is -0.146. The van der Waals surface area contributed by atoms with Gasteiger partial charge in [0, 0.05) is 36.3 Å². The second kappa shape index (κ2) is 9.22. The van der Waals surface area contributed by atoms with Crippen molar-refractivity contribution in [2.45, 2.75) is 64.3 Å². The maximum atomic E-state index is 13.0. The van der Waals surface area contributed by atoms with Crippen LogP contribution in [0.2, 0.25) is 0 Å². The van der Waals surface area contributed by atoms with Gasteiger partial charge in [-0.3, -0.25) is 14.5 Å². The summed E-state index contributed by atoms with van der Waals surface area (Å²) in [6.45, 7) is 4.53. The van der Waals surface area contributed by atoms with Crippen molar-refractivity contribution in [1.82, 2.24) is 15.5 Å². The number of hydrogen-bond acceptors (Lipinski definition) is 4. The van der Waals surface area contributed by atoms with Crippen LogP contribution in [-0.4, -0.2) is 42.9 Å². The Labute approximate surface area is 190 Å². The maximum Gasteiger partial charge on any atom is 0.226 e. The Morgan fingerprint density at radius 1 is 1.03 bits per heavy atom. The molecule has 1 aromatic heterocycles. The van der Waals surface area contributed by atoms with Crippen molar-refractivity contribution in [2.24, 2.45) is 29.1 Å². The molecule has 0 spiro atoms. The van der Waals surface area contributed by atoms with E-state index in [2.05, 4.69) is 33.0 Å². The molecule has 6 rings (SSSR count). The molecule has 0 radical (unpaired) electrons. The molecule has 0 unspecified atom stereocenters. The number of amides is 2. The Bertz CT molecular complexity index is 734. The monoisotopic (exact) mass is 443 g/mol. The summed E-state index contributed by atoms with van der Waals surface area (Å²) >= 11 is 1.83. The Morgan fingerprint density at radius 3 is 2.32 bits per heavy atom. The van der Waals surface area contributed by atoms with Gasteiger partial charge in [0.05, 0.1) is 0 Å². The smallest absolute Gasteiger partial charge is 0.226 e. The third kappa shape index (κ3) is 5.00. The molecule has 1 aliphatic heterocycles. The fourth-order valence-electron chi connectivity index (χ4n) is 7.18. The normalized spacial score (nSPS) is 32.8. The molecule has 5 nitrogen and oxygen atoms in total. The van der Waals surface area contributed by atoms with Crippen molar-refractivity contribution in [3.63, 3.8) is 0 Å². The van der Waals surface area contributed by atoms with Gasteiger partial charge >= 0.3 is 0 Å². The Morgan fingerprint density at radius 2 is 1.71 bits per heavy atom. The lowest BCUT2D eigenvalue weighted by atomic mass is 9.49. The molecule has 2 heterocycles. The summed E-state index contributed by atoms with van der Waals surface area (Å²) in [6, 6.07) is 4.33. The summed E-state index contributed by atoms with van der Waals surface area (Å²) in [7, 11) is 0. The topological polar surface area (TPSA) is 61.4 Å². The van der Waals surface area contributed by atoms with E-state index in [0.29, 0.717) is 18.9 Å². The Balaban J connectivity index is 0.977. The zero-order chi connectivity index (χ0) is 21.3. The summed E-state index contributed by atoms with van der Waals surface area (Å²) in [6.07, 6.45) is 10.00. The minimum absolute atomic E-state index is 0.0758. The van der Waals surface area contributed by atoms with Gasteiger partial charge in [-0.05, 0) is 99.6 Å². The molecule has 5 aliphatic rings. The van der Waals surface area contributed by atoms with E-state index in [1.165, 1.54) is 24.1 Å². The first-order valence-electron chi connectivity index (χ1n) is 12.4. The van der Waals surface area contributed by atoms with Crippen LogP contribution in [-0.2, 0) is 16.1 Å². The standard InChI is InChI=1S/C25H37N3O2S/c29-23(27-16-18-4-7-28(8-5-18)17-22-2-1-9-31-22)3-6-26-24(30)25-13-19-10-20(14-25)12-21(11-19)15-25/h1-2,9,18-21H,3-8,10-17H2,(H,26,30)(H,27,29). The number of nitrogens with one attached hydrogen (secondary N) is 2. The third-order valence-corrected chi connectivity index (χ3v) is 9.27. The molecular weight excluding hydrogens is 406 g/mol. The first-order chi connectivity index (χ1) is 15.1. The van der Waals surface area contributed by atoms with Crippen LogP contribution in [0.1, 0.15) is 62.7 Å². The molecule has 1 saturated heterocycles. The van der Waals surface area contributed by atoms with Crippen molar-refractivity contribution < 1.29 is 9.59 Å². The SMILES string of the molecule is O=C(CCNC(=O)C12CC3CC(CC(C3)C1)C2)NCC1CCN(Cc2cccs2)CC1. The van der Waals surface area contributed by atoms with E-state index in [1.807, 2.05) is 11.3 Å². The highest BCUT2D eigenvalue weighted by molar-refractivity contribution is 7.09. The Kier molecular flexibility index (Phi) is 6.38. The highest BCUT2D eigenvalue weighted by Gasteiger charge is 2.54. The molecule has 31 heavy (non-hydrogen) atoms. The molecule has 5 fully saturated rings. The number of rotatable bonds is 8. The molecule has 0 atom stereocenters. The molecule has 4 aliphatic carbocycles. The fraction of sp³-hybridized carbons (Fsp3) is 0.760. The zero-order valence-corrected chi connectivity index (χ0v) is 19.4.